The van der Waals surface area contributed by atoms with Crippen LogP contribution in [-0.4, -0.2) is 45.8 Å². The van der Waals surface area contributed by atoms with Crippen LogP contribution >= 0.6 is 0 Å². The predicted molar refractivity (Wildman–Crippen MR) is 74.2 cm³/mol. The van der Waals surface area contributed by atoms with Gasteiger partial charge in [-0.2, -0.15) is 0 Å². The van der Waals surface area contributed by atoms with Crippen molar-refractivity contribution in [3.05, 3.63) is 29.8 Å². The lowest BCUT2D eigenvalue weighted by atomic mass is 10.0. The highest BCUT2D eigenvalue weighted by molar-refractivity contribution is 5.89. The molecule has 0 aromatic heterocycles. The van der Waals surface area contributed by atoms with Crippen molar-refractivity contribution in [3.63, 3.8) is 0 Å². The lowest BCUT2D eigenvalue weighted by Crippen LogP contribution is -2.24. The molecule has 0 saturated carbocycles. The van der Waals surface area contributed by atoms with Crippen molar-refractivity contribution in [1.29, 1.82) is 0 Å². The molecule has 20 heavy (non-hydrogen) atoms. The van der Waals surface area contributed by atoms with Crippen molar-refractivity contribution in [2.24, 2.45) is 4.99 Å². The third-order valence-electron chi connectivity index (χ3n) is 3.29. The zero-order valence-corrected chi connectivity index (χ0v) is 11.3. The molecule has 2 atom stereocenters. The predicted octanol–water partition coefficient (Wildman–Crippen LogP) is 2.37. The SMILES string of the molecule is C=N[C@H](CF)[C@H](OC)c1ccc(N2CCOC2=O)cc1. The summed E-state index contributed by atoms with van der Waals surface area (Å²) in [6, 6.07) is 6.52. The average molecular weight is 280 g/mol. The Kier molecular flexibility index (Phi) is 4.68. The number of hydrogen-bond donors (Lipinski definition) is 0. The Hall–Kier alpha value is -1.95. The normalized spacial score (nSPS) is 17.7. The summed E-state index contributed by atoms with van der Waals surface area (Å²) in [5, 5.41) is 0. The van der Waals surface area contributed by atoms with Crippen LogP contribution < -0.4 is 4.90 Å². The molecular formula is C14H17FN2O3. The van der Waals surface area contributed by atoms with Gasteiger partial charge >= 0.3 is 6.09 Å². The van der Waals surface area contributed by atoms with Crippen molar-refractivity contribution in [1.82, 2.24) is 0 Å². The molecule has 5 nitrogen and oxygen atoms in total. The Morgan fingerprint density at radius 2 is 2.20 bits per heavy atom. The Morgan fingerprint density at radius 1 is 1.50 bits per heavy atom. The topological polar surface area (TPSA) is 51.1 Å². The minimum atomic E-state index is -0.637. The van der Waals surface area contributed by atoms with E-state index in [0.29, 0.717) is 13.2 Å². The van der Waals surface area contributed by atoms with Crippen LogP contribution in [0.1, 0.15) is 11.7 Å². The minimum Gasteiger partial charge on any atom is -0.447 e. The van der Waals surface area contributed by atoms with Gasteiger partial charge in [-0.1, -0.05) is 12.1 Å². The van der Waals surface area contributed by atoms with Crippen LogP contribution in [0.15, 0.2) is 29.3 Å². The Morgan fingerprint density at radius 3 is 2.65 bits per heavy atom. The van der Waals surface area contributed by atoms with Gasteiger partial charge in [-0.3, -0.25) is 9.89 Å². The van der Waals surface area contributed by atoms with Crippen molar-refractivity contribution in [2.75, 3.05) is 31.8 Å². The van der Waals surface area contributed by atoms with E-state index in [2.05, 4.69) is 11.7 Å². The molecule has 1 heterocycles. The quantitative estimate of drug-likeness (QED) is 0.752. The highest BCUT2D eigenvalue weighted by Gasteiger charge is 2.25. The van der Waals surface area contributed by atoms with Gasteiger partial charge in [-0.05, 0) is 24.4 Å². The van der Waals surface area contributed by atoms with E-state index < -0.39 is 18.8 Å². The second-order valence-electron chi connectivity index (χ2n) is 4.42. The number of methoxy groups -OCH3 is 1. The number of alkyl halides is 1. The van der Waals surface area contributed by atoms with E-state index in [1.54, 1.807) is 29.2 Å². The number of carbonyl (C=O) groups is 1. The van der Waals surface area contributed by atoms with Gasteiger partial charge in [0.05, 0.1) is 6.54 Å². The van der Waals surface area contributed by atoms with Crippen LogP contribution in [-0.2, 0) is 9.47 Å². The number of benzene rings is 1. The van der Waals surface area contributed by atoms with Crippen LogP contribution in [0.2, 0.25) is 0 Å². The van der Waals surface area contributed by atoms with Gasteiger partial charge in [0.15, 0.2) is 0 Å². The molecule has 1 amide bonds. The first kappa shape index (κ1) is 14.5. The Labute approximate surface area is 117 Å². The summed E-state index contributed by atoms with van der Waals surface area (Å²) in [7, 11) is 1.50. The first-order chi connectivity index (χ1) is 9.71. The molecule has 0 N–H and O–H groups in total. The van der Waals surface area contributed by atoms with Gasteiger partial charge in [0.1, 0.15) is 25.4 Å². The fourth-order valence-corrected chi connectivity index (χ4v) is 2.21. The van der Waals surface area contributed by atoms with E-state index in [0.717, 1.165) is 11.3 Å². The second kappa shape index (κ2) is 6.47. The molecule has 6 heteroatoms. The number of ether oxygens (including phenoxy) is 2. The summed E-state index contributed by atoms with van der Waals surface area (Å²) in [6.07, 6.45) is -0.840. The molecule has 1 aliphatic heterocycles. The maximum absolute atomic E-state index is 12.9. The van der Waals surface area contributed by atoms with Crippen molar-refractivity contribution in [3.8, 4) is 0 Å². The van der Waals surface area contributed by atoms with E-state index in [1.165, 1.54) is 7.11 Å². The fraction of sp³-hybridized carbons (Fsp3) is 0.429. The largest absolute Gasteiger partial charge is 0.447 e. The van der Waals surface area contributed by atoms with Crippen LogP contribution in [0, 0.1) is 0 Å². The maximum atomic E-state index is 12.9. The van der Waals surface area contributed by atoms with E-state index in [9.17, 15) is 9.18 Å². The van der Waals surface area contributed by atoms with Gasteiger partial charge in [-0.25, -0.2) is 9.18 Å². The number of rotatable bonds is 6. The Balaban J connectivity index is 2.18. The number of anilines is 1. The second-order valence-corrected chi connectivity index (χ2v) is 4.42. The molecule has 1 aromatic rings. The maximum Gasteiger partial charge on any atom is 0.414 e. The molecule has 0 bridgehead atoms. The molecule has 1 aromatic carbocycles. The lowest BCUT2D eigenvalue weighted by molar-refractivity contribution is 0.0732. The number of amides is 1. The number of carbonyl (C=O) groups excluding carboxylic acids is 1. The number of cyclic esters (lactones) is 1. The number of halogens is 1. The zero-order valence-electron chi connectivity index (χ0n) is 11.3. The smallest absolute Gasteiger partial charge is 0.414 e. The van der Waals surface area contributed by atoms with Crippen molar-refractivity contribution in [2.45, 2.75) is 12.1 Å². The number of nitrogens with zero attached hydrogens (tertiary/aromatic N) is 2. The van der Waals surface area contributed by atoms with E-state index in [4.69, 9.17) is 9.47 Å². The van der Waals surface area contributed by atoms with E-state index in [-0.39, 0.29) is 6.09 Å². The Bertz CT molecular complexity index is 478. The average Bonchev–Trinajstić information content (AvgIpc) is 2.91. The minimum absolute atomic E-state index is 0.351. The summed E-state index contributed by atoms with van der Waals surface area (Å²) in [6.45, 7) is 3.67. The molecule has 1 aliphatic rings. The monoisotopic (exact) mass is 280 g/mol. The molecule has 108 valence electrons. The van der Waals surface area contributed by atoms with Crippen LogP contribution in [0.25, 0.3) is 0 Å². The fourth-order valence-electron chi connectivity index (χ4n) is 2.21. The van der Waals surface area contributed by atoms with Gasteiger partial charge in [-0.15, -0.1) is 0 Å². The van der Waals surface area contributed by atoms with Crippen LogP contribution in [0.4, 0.5) is 14.9 Å². The van der Waals surface area contributed by atoms with Gasteiger partial charge in [0.25, 0.3) is 0 Å². The van der Waals surface area contributed by atoms with E-state index >= 15 is 0 Å². The van der Waals surface area contributed by atoms with Crippen LogP contribution in [0.3, 0.4) is 0 Å². The third kappa shape index (κ3) is 2.80. The number of aliphatic imine (C=N–C) groups is 1. The molecular weight excluding hydrogens is 263 g/mol. The van der Waals surface area contributed by atoms with Gasteiger partial charge in [0.2, 0.25) is 0 Å². The van der Waals surface area contributed by atoms with Crippen LogP contribution in [0.5, 0.6) is 0 Å². The first-order valence-corrected chi connectivity index (χ1v) is 6.30. The molecule has 2 rings (SSSR count). The molecule has 0 radical (unpaired) electrons. The molecule has 0 aliphatic carbocycles. The summed E-state index contributed by atoms with van der Waals surface area (Å²) in [5.74, 6) is 0. The lowest BCUT2D eigenvalue weighted by Gasteiger charge is -2.21. The third-order valence-corrected chi connectivity index (χ3v) is 3.29. The van der Waals surface area contributed by atoms with Crippen molar-refractivity contribution < 1.29 is 18.7 Å². The molecule has 0 spiro atoms. The summed E-state index contributed by atoms with van der Waals surface area (Å²) in [4.78, 5) is 16.7. The highest BCUT2D eigenvalue weighted by Crippen LogP contribution is 2.26. The number of hydrogen-bond acceptors (Lipinski definition) is 4. The molecule has 0 unspecified atom stereocenters. The van der Waals surface area contributed by atoms with Gasteiger partial charge < -0.3 is 9.47 Å². The highest BCUT2D eigenvalue weighted by atomic mass is 19.1. The summed E-state index contributed by atoms with van der Waals surface area (Å²) >= 11 is 0. The molecule has 1 fully saturated rings. The summed E-state index contributed by atoms with van der Waals surface area (Å²) < 4.78 is 23.0. The first-order valence-electron chi connectivity index (χ1n) is 6.30. The molecule has 1 saturated heterocycles. The standard InChI is InChI=1S/C14H17FN2O3/c1-16-12(9-15)13(19-2)10-3-5-11(6-4-10)17-7-8-20-14(17)18/h3-6,12-13H,1,7-9H2,2H3/t12-,13-/m1/s1. The zero-order chi connectivity index (χ0) is 14.5. The van der Waals surface area contributed by atoms with E-state index in [1.807, 2.05) is 0 Å². The van der Waals surface area contributed by atoms with Crippen molar-refractivity contribution >= 4 is 18.5 Å². The summed E-state index contributed by atoms with van der Waals surface area (Å²) in [5.41, 5.74) is 1.54. The van der Waals surface area contributed by atoms with Gasteiger partial charge in [0, 0.05) is 12.8 Å².